The number of hydrogen-bond acceptors (Lipinski definition) is 3. The minimum atomic E-state index is -1.14. The average molecular weight is 279 g/mol. The van der Waals surface area contributed by atoms with Gasteiger partial charge < -0.3 is 15.5 Å². The number of aliphatic carboxylic acids is 1. The molecule has 0 heterocycles. The van der Waals surface area contributed by atoms with Crippen molar-refractivity contribution in [2.24, 2.45) is 5.92 Å². The van der Waals surface area contributed by atoms with Crippen LogP contribution in [0.3, 0.4) is 0 Å². The van der Waals surface area contributed by atoms with E-state index >= 15 is 0 Å². The Morgan fingerprint density at radius 1 is 1.20 bits per heavy atom. The lowest BCUT2D eigenvalue weighted by molar-refractivity contribution is -0.140. The van der Waals surface area contributed by atoms with Gasteiger partial charge in [0.05, 0.1) is 5.56 Å². The lowest BCUT2D eigenvalue weighted by atomic mass is 9.99. The van der Waals surface area contributed by atoms with Crippen molar-refractivity contribution in [3.8, 4) is 0 Å². The van der Waals surface area contributed by atoms with E-state index < -0.39 is 23.9 Å². The number of rotatable bonds is 6. The molecule has 1 aromatic rings. The fourth-order valence-electron chi connectivity index (χ4n) is 1.70. The number of aromatic carboxylic acids is 1. The van der Waals surface area contributed by atoms with E-state index in [0.717, 1.165) is 0 Å². The quantitative estimate of drug-likeness (QED) is 0.734. The molecule has 1 amide bonds. The molecule has 0 aliphatic rings. The summed E-state index contributed by atoms with van der Waals surface area (Å²) in [4.78, 5) is 34.0. The Morgan fingerprint density at radius 3 is 2.30 bits per heavy atom. The van der Waals surface area contributed by atoms with Crippen LogP contribution in [-0.4, -0.2) is 34.1 Å². The van der Waals surface area contributed by atoms with Crippen LogP contribution in [0.2, 0.25) is 0 Å². The molecule has 0 spiro atoms. The van der Waals surface area contributed by atoms with Gasteiger partial charge >= 0.3 is 11.9 Å². The number of amides is 1. The number of carboxylic acid groups (broad SMARTS) is 2. The molecule has 6 heteroatoms. The minimum absolute atomic E-state index is 0.0203. The highest BCUT2D eigenvalue weighted by atomic mass is 16.4. The predicted octanol–water partition coefficient (Wildman–Crippen LogP) is 1.61. The summed E-state index contributed by atoms with van der Waals surface area (Å²) < 4.78 is 0. The van der Waals surface area contributed by atoms with Crippen molar-refractivity contribution in [2.75, 3.05) is 0 Å². The molecule has 0 bridgehead atoms. The van der Waals surface area contributed by atoms with E-state index in [-0.39, 0.29) is 17.0 Å². The number of nitrogens with one attached hydrogen (secondary N) is 1. The standard InChI is InChI=1S/C14H17NO5/c1-3-8(2)11(14(19)20)15-12(16)9-5-4-6-10(7-9)13(17)18/h4-8,11H,3H2,1-2H3,(H,15,16)(H,17,18)(H,19,20)/t8-,11-/m0/s1. The highest BCUT2D eigenvalue weighted by Gasteiger charge is 2.25. The third-order valence-electron chi connectivity index (χ3n) is 3.14. The van der Waals surface area contributed by atoms with Gasteiger partial charge in [-0.3, -0.25) is 4.79 Å². The maximum atomic E-state index is 12.0. The maximum Gasteiger partial charge on any atom is 0.335 e. The van der Waals surface area contributed by atoms with Gasteiger partial charge in [0.25, 0.3) is 5.91 Å². The first kappa shape index (κ1) is 15.7. The molecule has 20 heavy (non-hydrogen) atoms. The van der Waals surface area contributed by atoms with E-state index in [1.165, 1.54) is 24.3 Å². The summed E-state index contributed by atoms with van der Waals surface area (Å²) in [5.74, 6) is -3.07. The van der Waals surface area contributed by atoms with Crippen LogP contribution < -0.4 is 5.32 Å². The maximum absolute atomic E-state index is 12.0. The zero-order valence-electron chi connectivity index (χ0n) is 11.3. The first-order valence-electron chi connectivity index (χ1n) is 6.23. The van der Waals surface area contributed by atoms with Crippen LogP contribution in [0.4, 0.5) is 0 Å². The van der Waals surface area contributed by atoms with Gasteiger partial charge in [-0.05, 0) is 24.1 Å². The number of carbonyl (C=O) groups is 3. The smallest absolute Gasteiger partial charge is 0.335 e. The summed E-state index contributed by atoms with van der Waals surface area (Å²) in [5, 5.41) is 20.4. The Morgan fingerprint density at radius 2 is 1.80 bits per heavy atom. The Hall–Kier alpha value is -2.37. The molecule has 0 saturated carbocycles. The van der Waals surface area contributed by atoms with Gasteiger partial charge in [-0.25, -0.2) is 9.59 Å². The average Bonchev–Trinajstić information content (AvgIpc) is 2.43. The number of carbonyl (C=O) groups excluding carboxylic acids is 1. The van der Waals surface area contributed by atoms with E-state index in [9.17, 15) is 14.4 Å². The second-order valence-corrected chi connectivity index (χ2v) is 4.56. The Balaban J connectivity index is 2.92. The van der Waals surface area contributed by atoms with E-state index in [0.29, 0.717) is 6.42 Å². The molecule has 1 rings (SSSR count). The molecule has 0 fully saturated rings. The molecule has 2 atom stereocenters. The minimum Gasteiger partial charge on any atom is -0.480 e. The second-order valence-electron chi connectivity index (χ2n) is 4.56. The number of hydrogen-bond donors (Lipinski definition) is 3. The van der Waals surface area contributed by atoms with Gasteiger partial charge in [0.1, 0.15) is 6.04 Å². The zero-order chi connectivity index (χ0) is 15.3. The molecule has 0 radical (unpaired) electrons. The van der Waals surface area contributed by atoms with Crippen molar-refractivity contribution in [1.29, 1.82) is 0 Å². The Labute approximate surface area is 116 Å². The van der Waals surface area contributed by atoms with Gasteiger partial charge in [0.2, 0.25) is 0 Å². The zero-order valence-corrected chi connectivity index (χ0v) is 11.3. The monoisotopic (exact) mass is 279 g/mol. The van der Waals surface area contributed by atoms with E-state index in [1.807, 2.05) is 6.92 Å². The largest absolute Gasteiger partial charge is 0.480 e. The predicted molar refractivity (Wildman–Crippen MR) is 71.7 cm³/mol. The van der Waals surface area contributed by atoms with Crippen LogP contribution in [0.15, 0.2) is 24.3 Å². The second kappa shape index (κ2) is 6.70. The fourth-order valence-corrected chi connectivity index (χ4v) is 1.70. The molecule has 0 aliphatic carbocycles. The lowest BCUT2D eigenvalue weighted by Gasteiger charge is -2.20. The van der Waals surface area contributed by atoms with E-state index in [1.54, 1.807) is 6.92 Å². The highest BCUT2D eigenvalue weighted by molar-refractivity contribution is 5.99. The molecule has 6 nitrogen and oxygen atoms in total. The van der Waals surface area contributed by atoms with Crippen LogP contribution in [0.5, 0.6) is 0 Å². The van der Waals surface area contributed by atoms with Gasteiger partial charge in [-0.15, -0.1) is 0 Å². The van der Waals surface area contributed by atoms with Gasteiger partial charge in [-0.2, -0.15) is 0 Å². The summed E-state index contributed by atoms with van der Waals surface area (Å²) in [6, 6.07) is 4.46. The topological polar surface area (TPSA) is 104 Å². The summed E-state index contributed by atoms with van der Waals surface area (Å²) in [7, 11) is 0. The van der Waals surface area contributed by atoms with E-state index in [2.05, 4.69) is 5.32 Å². The van der Waals surface area contributed by atoms with Crippen LogP contribution in [0.1, 0.15) is 41.0 Å². The van der Waals surface area contributed by atoms with Crippen molar-refractivity contribution < 1.29 is 24.6 Å². The van der Waals surface area contributed by atoms with Crippen molar-refractivity contribution in [3.63, 3.8) is 0 Å². The third kappa shape index (κ3) is 3.81. The van der Waals surface area contributed by atoms with Gasteiger partial charge in [-0.1, -0.05) is 26.3 Å². The highest BCUT2D eigenvalue weighted by Crippen LogP contribution is 2.10. The third-order valence-corrected chi connectivity index (χ3v) is 3.14. The molecular formula is C14H17NO5. The molecule has 3 N–H and O–H groups in total. The summed E-state index contributed by atoms with van der Waals surface area (Å²) in [5.41, 5.74) is 0.104. The fraction of sp³-hybridized carbons (Fsp3) is 0.357. The number of carboxylic acids is 2. The van der Waals surface area contributed by atoms with Crippen molar-refractivity contribution in [1.82, 2.24) is 5.32 Å². The Kier molecular flexibility index (Phi) is 5.25. The summed E-state index contributed by atoms with van der Waals surface area (Å²) >= 11 is 0. The van der Waals surface area contributed by atoms with E-state index in [4.69, 9.17) is 10.2 Å². The first-order valence-corrected chi connectivity index (χ1v) is 6.23. The summed E-state index contributed by atoms with van der Waals surface area (Å²) in [6.07, 6.45) is 0.604. The normalized spacial score (nSPS) is 13.3. The molecule has 0 saturated heterocycles. The summed E-state index contributed by atoms with van der Waals surface area (Å²) in [6.45, 7) is 3.56. The molecule has 108 valence electrons. The molecule has 0 aromatic heterocycles. The molecule has 0 aliphatic heterocycles. The van der Waals surface area contributed by atoms with Gasteiger partial charge in [0, 0.05) is 5.56 Å². The van der Waals surface area contributed by atoms with Crippen molar-refractivity contribution in [3.05, 3.63) is 35.4 Å². The van der Waals surface area contributed by atoms with Crippen LogP contribution >= 0.6 is 0 Å². The first-order chi connectivity index (χ1) is 9.36. The SMILES string of the molecule is CC[C@H](C)[C@H](NC(=O)c1cccc(C(=O)O)c1)C(=O)O. The molecular weight excluding hydrogens is 262 g/mol. The lowest BCUT2D eigenvalue weighted by Crippen LogP contribution is -2.45. The number of benzene rings is 1. The van der Waals surface area contributed by atoms with Gasteiger partial charge in [0.15, 0.2) is 0 Å². The van der Waals surface area contributed by atoms with Crippen LogP contribution in [0, 0.1) is 5.92 Å². The van der Waals surface area contributed by atoms with Crippen molar-refractivity contribution >= 4 is 17.8 Å². The Bertz CT molecular complexity index is 526. The molecule has 1 aromatic carbocycles. The molecule has 0 unspecified atom stereocenters. The van der Waals surface area contributed by atoms with Crippen LogP contribution in [0.25, 0.3) is 0 Å². The van der Waals surface area contributed by atoms with Crippen molar-refractivity contribution in [2.45, 2.75) is 26.3 Å². The van der Waals surface area contributed by atoms with Crippen LogP contribution in [-0.2, 0) is 4.79 Å².